The van der Waals surface area contributed by atoms with Crippen molar-refractivity contribution in [2.75, 3.05) is 11.9 Å². The van der Waals surface area contributed by atoms with Gasteiger partial charge in [0.2, 0.25) is 5.95 Å². The third-order valence-corrected chi connectivity index (χ3v) is 4.15. The lowest BCUT2D eigenvalue weighted by molar-refractivity contribution is 0.0953. The van der Waals surface area contributed by atoms with E-state index in [4.69, 9.17) is 0 Å². The third-order valence-electron chi connectivity index (χ3n) is 4.15. The number of hydrogen-bond acceptors (Lipinski definition) is 4. The van der Waals surface area contributed by atoms with Gasteiger partial charge in [0.1, 0.15) is 0 Å². The lowest BCUT2D eigenvalue weighted by atomic mass is 10.1. The molecule has 0 unspecified atom stereocenters. The van der Waals surface area contributed by atoms with Gasteiger partial charge in [-0.1, -0.05) is 54.6 Å². The minimum absolute atomic E-state index is 0.161. The van der Waals surface area contributed by atoms with Crippen LogP contribution in [0.2, 0.25) is 0 Å². The zero-order valence-corrected chi connectivity index (χ0v) is 14.8. The first-order valence-corrected chi connectivity index (χ1v) is 8.65. The first-order chi connectivity index (χ1) is 12.7. The lowest BCUT2D eigenvalue weighted by Crippen LogP contribution is -2.26. The zero-order chi connectivity index (χ0) is 18.2. The van der Waals surface area contributed by atoms with Crippen molar-refractivity contribution in [1.82, 2.24) is 15.3 Å². The number of anilines is 1. The van der Waals surface area contributed by atoms with E-state index in [1.165, 1.54) is 16.7 Å². The zero-order valence-electron chi connectivity index (χ0n) is 14.8. The number of rotatable bonds is 7. The lowest BCUT2D eigenvalue weighted by Gasteiger charge is -2.08. The molecule has 0 fully saturated rings. The summed E-state index contributed by atoms with van der Waals surface area (Å²) in [5.41, 5.74) is 4.06. The minimum atomic E-state index is -0.161. The molecule has 0 bridgehead atoms. The van der Waals surface area contributed by atoms with E-state index in [1.807, 2.05) is 42.5 Å². The van der Waals surface area contributed by atoms with Crippen LogP contribution in [0.15, 0.2) is 67.0 Å². The van der Waals surface area contributed by atoms with E-state index < -0.39 is 0 Å². The topological polar surface area (TPSA) is 66.9 Å². The third kappa shape index (κ3) is 4.89. The second-order valence-corrected chi connectivity index (χ2v) is 6.07. The van der Waals surface area contributed by atoms with Crippen LogP contribution >= 0.6 is 0 Å². The highest BCUT2D eigenvalue weighted by atomic mass is 16.1. The van der Waals surface area contributed by atoms with Gasteiger partial charge in [-0.3, -0.25) is 4.79 Å². The average Bonchev–Trinajstić information content (AvgIpc) is 2.68. The fraction of sp³-hybridized carbons (Fsp3) is 0.190. The summed E-state index contributed by atoms with van der Waals surface area (Å²) in [5, 5.41) is 6.07. The normalized spacial score (nSPS) is 10.3. The largest absolute Gasteiger partial charge is 0.352 e. The van der Waals surface area contributed by atoms with Crippen molar-refractivity contribution < 1.29 is 4.79 Å². The Hall–Kier alpha value is -3.21. The van der Waals surface area contributed by atoms with Crippen molar-refractivity contribution in [3.8, 4) is 0 Å². The smallest absolute Gasteiger partial charge is 0.254 e. The number of aromatic nitrogens is 2. The van der Waals surface area contributed by atoms with Gasteiger partial charge < -0.3 is 10.6 Å². The van der Waals surface area contributed by atoms with Crippen molar-refractivity contribution in [2.24, 2.45) is 0 Å². The fourth-order valence-corrected chi connectivity index (χ4v) is 2.59. The van der Waals surface area contributed by atoms with Gasteiger partial charge in [0.05, 0.1) is 5.56 Å². The monoisotopic (exact) mass is 346 g/mol. The first-order valence-electron chi connectivity index (χ1n) is 8.65. The summed E-state index contributed by atoms with van der Waals surface area (Å²) in [6.07, 6.45) is 3.89. The van der Waals surface area contributed by atoms with Gasteiger partial charge >= 0.3 is 0 Å². The molecular weight excluding hydrogens is 324 g/mol. The molecule has 26 heavy (non-hydrogen) atoms. The molecule has 0 aliphatic rings. The summed E-state index contributed by atoms with van der Waals surface area (Å²) < 4.78 is 0. The van der Waals surface area contributed by atoms with Gasteiger partial charge in [-0.25, -0.2) is 9.97 Å². The number of aryl methyl sites for hydroxylation is 1. The highest BCUT2D eigenvalue weighted by Gasteiger charge is 2.07. The summed E-state index contributed by atoms with van der Waals surface area (Å²) in [5.74, 6) is 0.348. The van der Waals surface area contributed by atoms with E-state index >= 15 is 0 Å². The number of benzene rings is 2. The van der Waals surface area contributed by atoms with Crippen LogP contribution in [0.25, 0.3) is 0 Å². The van der Waals surface area contributed by atoms with Crippen LogP contribution in [-0.4, -0.2) is 22.4 Å². The number of hydrogen-bond donors (Lipinski definition) is 2. The van der Waals surface area contributed by atoms with Gasteiger partial charge in [-0.05, 0) is 30.0 Å². The van der Waals surface area contributed by atoms with Gasteiger partial charge in [0, 0.05) is 25.5 Å². The van der Waals surface area contributed by atoms with E-state index in [-0.39, 0.29) is 5.91 Å². The molecule has 0 aliphatic heterocycles. The van der Waals surface area contributed by atoms with Crippen molar-refractivity contribution in [3.63, 3.8) is 0 Å². The number of nitrogens with zero attached hydrogens (tertiary/aromatic N) is 2. The summed E-state index contributed by atoms with van der Waals surface area (Å²) in [6.45, 7) is 3.30. The van der Waals surface area contributed by atoms with Crippen LogP contribution in [0, 0.1) is 6.92 Å². The summed E-state index contributed by atoms with van der Waals surface area (Å²) in [7, 11) is 0. The Bertz CT molecular complexity index is 847. The highest BCUT2D eigenvalue weighted by molar-refractivity contribution is 5.93. The molecule has 3 aromatic rings. The fourth-order valence-electron chi connectivity index (χ4n) is 2.59. The Morgan fingerprint density at radius 3 is 2.38 bits per heavy atom. The molecule has 0 radical (unpaired) electrons. The summed E-state index contributed by atoms with van der Waals surface area (Å²) in [4.78, 5) is 20.6. The van der Waals surface area contributed by atoms with E-state index in [0.717, 1.165) is 6.42 Å². The van der Waals surface area contributed by atoms with E-state index in [2.05, 4.69) is 39.7 Å². The van der Waals surface area contributed by atoms with Crippen molar-refractivity contribution in [3.05, 3.63) is 89.2 Å². The first kappa shape index (κ1) is 17.6. The van der Waals surface area contributed by atoms with Gasteiger partial charge in [0.15, 0.2) is 0 Å². The molecule has 1 heterocycles. The molecule has 5 nitrogen and oxygen atoms in total. The Kier molecular flexibility index (Phi) is 5.93. The minimum Gasteiger partial charge on any atom is -0.352 e. The molecule has 0 atom stereocenters. The maximum absolute atomic E-state index is 12.2. The van der Waals surface area contributed by atoms with Crippen LogP contribution in [0.5, 0.6) is 0 Å². The predicted molar refractivity (Wildman–Crippen MR) is 103 cm³/mol. The average molecular weight is 346 g/mol. The Labute approximate surface area is 153 Å². The van der Waals surface area contributed by atoms with Gasteiger partial charge in [-0.15, -0.1) is 0 Å². The number of amides is 1. The molecule has 1 amide bonds. The summed E-state index contributed by atoms with van der Waals surface area (Å²) in [6, 6.07) is 18.2. The van der Waals surface area contributed by atoms with Crippen LogP contribution < -0.4 is 10.6 Å². The molecule has 0 saturated carbocycles. The van der Waals surface area contributed by atoms with Crippen molar-refractivity contribution in [2.45, 2.75) is 19.9 Å². The van der Waals surface area contributed by atoms with Crippen LogP contribution in [0.4, 0.5) is 5.95 Å². The SMILES string of the molecule is Cc1ccccc1CNc1ncc(C(=O)NCCc2ccccc2)cn1. The number of nitrogens with one attached hydrogen (secondary N) is 2. The van der Waals surface area contributed by atoms with E-state index in [9.17, 15) is 4.79 Å². The Balaban J connectivity index is 1.49. The predicted octanol–water partition coefficient (Wildman–Crippen LogP) is 3.37. The summed E-state index contributed by atoms with van der Waals surface area (Å²) >= 11 is 0. The van der Waals surface area contributed by atoms with Crippen molar-refractivity contribution >= 4 is 11.9 Å². The molecule has 1 aromatic heterocycles. The van der Waals surface area contributed by atoms with Crippen LogP contribution in [0.3, 0.4) is 0 Å². The van der Waals surface area contributed by atoms with Gasteiger partial charge in [-0.2, -0.15) is 0 Å². The maximum Gasteiger partial charge on any atom is 0.254 e. The van der Waals surface area contributed by atoms with Crippen LogP contribution in [0.1, 0.15) is 27.0 Å². The molecular formula is C21H22N4O. The highest BCUT2D eigenvalue weighted by Crippen LogP contribution is 2.09. The molecule has 0 spiro atoms. The van der Waals surface area contributed by atoms with Crippen molar-refractivity contribution in [1.29, 1.82) is 0 Å². The molecule has 5 heteroatoms. The Morgan fingerprint density at radius 1 is 0.962 bits per heavy atom. The molecule has 0 aliphatic carbocycles. The molecule has 3 rings (SSSR count). The number of carbonyl (C=O) groups is 1. The van der Waals surface area contributed by atoms with Gasteiger partial charge in [0.25, 0.3) is 5.91 Å². The van der Waals surface area contributed by atoms with E-state index in [1.54, 1.807) is 12.4 Å². The van der Waals surface area contributed by atoms with E-state index in [0.29, 0.717) is 24.6 Å². The second-order valence-electron chi connectivity index (χ2n) is 6.07. The molecule has 0 saturated heterocycles. The van der Waals surface area contributed by atoms with Crippen LogP contribution in [-0.2, 0) is 13.0 Å². The molecule has 2 aromatic carbocycles. The molecule has 2 N–H and O–H groups in total. The Morgan fingerprint density at radius 2 is 1.65 bits per heavy atom. The second kappa shape index (κ2) is 8.76. The maximum atomic E-state index is 12.2. The molecule has 132 valence electrons. The standard InChI is InChI=1S/C21H22N4O/c1-16-7-5-6-10-18(16)13-23-21-24-14-19(15-25-21)20(26)22-12-11-17-8-3-2-4-9-17/h2-10,14-15H,11-13H2,1H3,(H,22,26)(H,23,24,25). The number of carbonyl (C=O) groups excluding carboxylic acids is 1. The quantitative estimate of drug-likeness (QED) is 0.688.